The molecule has 2 aromatic carbocycles. The van der Waals surface area contributed by atoms with Crippen LogP contribution in [0.4, 0.5) is 4.39 Å². The molecule has 1 aromatic heterocycles. The molecular formula is C21H24FN3O. The highest BCUT2D eigenvalue weighted by molar-refractivity contribution is 5.75. The Balaban J connectivity index is 1.29. The van der Waals surface area contributed by atoms with Gasteiger partial charge in [-0.25, -0.2) is 9.37 Å². The molecule has 5 heteroatoms. The molecule has 0 atom stereocenters. The van der Waals surface area contributed by atoms with Crippen molar-refractivity contribution >= 4 is 11.0 Å². The molecule has 0 spiro atoms. The van der Waals surface area contributed by atoms with E-state index in [0.29, 0.717) is 5.75 Å². The number of halogens is 1. The zero-order valence-electron chi connectivity index (χ0n) is 15.1. The van der Waals surface area contributed by atoms with E-state index in [-0.39, 0.29) is 5.82 Å². The fourth-order valence-corrected chi connectivity index (χ4v) is 3.72. The lowest BCUT2D eigenvalue weighted by atomic mass is 10.1. The molecule has 1 aliphatic rings. The average molecular weight is 353 g/mol. The molecule has 0 saturated carbocycles. The Morgan fingerprint density at radius 2 is 2.00 bits per heavy atom. The van der Waals surface area contributed by atoms with Crippen LogP contribution < -0.4 is 4.74 Å². The summed E-state index contributed by atoms with van der Waals surface area (Å²) in [5.41, 5.74) is 3.09. The van der Waals surface area contributed by atoms with Crippen LogP contribution in [0.25, 0.3) is 11.0 Å². The van der Waals surface area contributed by atoms with E-state index in [1.807, 2.05) is 18.2 Å². The van der Waals surface area contributed by atoms with E-state index >= 15 is 0 Å². The molecule has 136 valence electrons. The smallest absolute Gasteiger partial charge is 0.130 e. The Morgan fingerprint density at radius 3 is 2.85 bits per heavy atom. The second-order valence-electron chi connectivity index (χ2n) is 6.86. The number of hydrogen-bond donors (Lipinski definition) is 0. The Labute approximate surface area is 153 Å². The third-order valence-electron chi connectivity index (χ3n) is 5.17. The molecule has 0 saturated heterocycles. The molecule has 0 aliphatic carbocycles. The second kappa shape index (κ2) is 7.46. The van der Waals surface area contributed by atoms with E-state index in [1.165, 1.54) is 11.6 Å². The number of methoxy groups -OCH3 is 1. The highest BCUT2D eigenvalue weighted by Gasteiger charge is 2.19. The van der Waals surface area contributed by atoms with Crippen molar-refractivity contribution in [3.8, 4) is 5.75 Å². The number of benzene rings is 2. The van der Waals surface area contributed by atoms with Crippen molar-refractivity contribution in [3.05, 3.63) is 59.7 Å². The van der Waals surface area contributed by atoms with Crippen LogP contribution in [-0.4, -0.2) is 34.7 Å². The summed E-state index contributed by atoms with van der Waals surface area (Å²) in [6, 6.07) is 13.5. The van der Waals surface area contributed by atoms with Gasteiger partial charge in [-0.2, -0.15) is 0 Å². The minimum Gasteiger partial charge on any atom is -0.497 e. The topological polar surface area (TPSA) is 30.3 Å². The normalized spacial score (nSPS) is 14.5. The number of unbranched alkanes of at least 4 members (excludes halogenated alkanes) is 1. The SMILES string of the molecule is COc1ccc(CCCCN2CCn3c(nc4ccccc43)C2)c(F)c1. The zero-order valence-corrected chi connectivity index (χ0v) is 15.1. The van der Waals surface area contributed by atoms with Gasteiger partial charge in [0.1, 0.15) is 17.4 Å². The van der Waals surface area contributed by atoms with Crippen molar-refractivity contribution in [2.24, 2.45) is 0 Å². The first-order chi connectivity index (χ1) is 12.7. The van der Waals surface area contributed by atoms with Crippen LogP contribution in [0.1, 0.15) is 24.2 Å². The monoisotopic (exact) mass is 353 g/mol. The summed E-state index contributed by atoms with van der Waals surface area (Å²) in [4.78, 5) is 7.22. The zero-order chi connectivity index (χ0) is 17.9. The van der Waals surface area contributed by atoms with Gasteiger partial charge < -0.3 is 9.30 Å². The van der Waals surface area contributed by atoms with Crippen molar-refractivity contribution in [2.75, 3.05) is 20.2 Å². The van der Waals surface area contributed by atoms with E-state index in [1.54, 1.807) is 7.11 Å². The Bertz CT molecular complexity index is 905. The molecule has 2 heterocycles. The van der Waals surface area contributed by atoms with Gasteiger partial charge in [-0.1, -0.05) is 18.2 Å². The second-order valence-corrected chi connectivity index (χ2v) is 6.86. The van der Waals surface area contributed by atoms with E-state index in [9.17, 15) is 4.39 Å². The summed E-state index contributed by atoms with van der Waals surface area (Å²) in [7, 11) is 1.56. The number of aryl methyl sites for hydroxylation is 1. The predicted octanol–water partition coefficient (Wildman–Crippen LogP) is 4.02. The van der Waals surface area contributed by atoms with Gasteiger partial charge in [-0.3, -0.25) is 4.90 Å². The highest BCUT2D eigenvalue weighted by Crippen LogP contribution is 2.21. The van der Waals surface area contributed by atoms with Gasteiger partial charge in [-0.15, -0.1) is 0 Å². The predicted molar refractivity (Wildman–Crippen MR) is 101 cm³/mol. The molecular weight excluding hydrogens is 329 g/mol. The quantitative estimate of drug-likeness (QED) is 0.627. The number of aromatic nitrogens is 2. The molecule has 4 nitrogen and oxygen atoms in total. The lowest BCUT2D eigenvalue weighted by molar-refractivity contribution is 0.215. The standard InChI is InChI=1S/C21H24FN3O/c1-26-17-10-9-16(18(22)14-17)6-4-5-11-24-12-13-25-20-8-3-2-7-19(20)23-21(25)15-24/h2-3,7-10,14H,4-6,11-13,15H2,1H3. The highest BCUT2D eigenvalue weighted by atomic mass is 19.1. The molecule has 0 fully saturated rings. The van der Waals surface area contributed by atoms with Gasteiger partial charge in [0.25, 0.3) is 0 Å². The van der Waals surface area contributed by atoms with Gasteiger partial charge in [0, 0.05) is 19.2 Å². The molecule has 3 aromatic rings. The Hall–Kier alpha value is -2.40. The van der Waals surface area contributed by atoms with Crippen molar-refractivity contribution in [1.82, 2.24) is 14.5 Å². The summed E-state index contributed by atoms with van der Waals surface area (Å²) in [6.07, 6.45) is 2.81. The molecule has 0 N–H and O–H groups in total. The first-order valence-corrected chi connectivity index (χ1v) is 9.23. The number of rotatable bonds is 6. The first-order valence-electron chi connectivity index (χ1n) is 9.23. The number of ether oxygens (including phenoxy) is 1. The van der Waals surface area contributed by atoms with Gasteiger partial charge in [0.15, 0.2) is 0 Å². The number of imidazole rings is 1. The fraction of sp³-hybridized carbons (Fsp3) is 0.381. The van der Waals surface area contributed by atoms with E-state index in [2.05, 4.69) is 27.7 Å². The Morgan fingerprint density at radius 1 is 1.12 bits per heavy atom. The van der Waals surface area contributed by atoms with Crippen LogP contribution in [0.3, 0.4) is 0 Å². The molecule has 4 rings (SSSR count). The molecule has 1 aliphatic heterocycles. The van der Waals surface area contributed by atoms with Crippen molar-refractivity contribution in [1.29, 1.82) is 0 Å². The van der Waals surface area contributed by atoms with Gasteiger partial charge >= 0.3 is 0 Å². The van der Waals surface area contributed by atoms with E-state index < -0.39 is 0 Å². The van der Waals surface area contributed by atoms with Crippen molar-refractivity contribution < 1.29 is 9.13 Å². The summed E-state index contributed by atoms with van der Waals surface area (Å²) in [5, 5.41) is 0. The largest absolute Gasteiger partial charge is 0.497 e. The number of nitrogens with zero attached hydrogens (tertiary/aromatic N) is 3. The maximum atomic E-state index is 14.0. The van der Waals surface area contributed by atoms with Crippen LogP contribution in [0, 0.1) is 5.82 Å². The fourth-order valence-electron chi connectivity index (χ4n) is 3.72. The third-order valence-corrected chi connectivity index (χ3v) is 5.17. The van der Waals surface area contributed by atoms with Crippen LogP contribution in [0.2, 0.25) is 0 Å². The lowest BCUT2D eigenvalue weighted by Gasteiger charge is -2.27. The number of fused-ring (bicyclic) bond motifs is 3. The molecule has 0 bridgehead atoms. The molecule has 26 heavy (non-hydrogen) atoms. The third kappa shape index (κ3) is 3.44. The molecule has 0 radical (unpaired) electrons. The van der Waals surface area contributed by atoms with Crippen LogP contribution in [0.15, 0.2) is 42.5 Å². The maximum absolute atomic E-state index is 14.0. The maximum Gasteiger partial charge on any atom is 0.130 e. The molecule has 0 amide bonds. The summed E-state index contributed by atoms with van der Waals surface area (Å²) >= 11 is 0. The Kier molecular flexibility index (Phi) is 4.89. The van der Waals surface area contributed by atoms with E-state index in [0.717, 1.165) is 62.3 Å². The van der Waals surface area contributed by atoms with Gasteiger partial charge in [0.05, 0.1) is 24.7 Å². The lowest BCUT2D eigenvalue weighted by Crippen LogP contribution is -2.34. The summed E-state index contributed by atoms with van der Waals surface area (Å²) in [6.45, 7) is 3.96. The van der Waals surface area contributed by atoms with Crippen LogP contribution >= 0.6 is 0 Å². The van der Waals surface area contributed by atoms with E-state index in [4.69, 9.17) is 9.72 Å². The van der Waals surface area contributed by atoms with Crippen LogP contribution in [-0.2, 0) is 19.5 Å². The summed E-state index contributed by atoms with van der Waals surface area (Å²) < 4.78 is 21.4. The number of para-hydroxylation sites is 2. The van der Waals surface area contributed by atoms with Crippen molar-refractivity contribution in [3.63, 3.8) is 0 Å². The van der Waals surface area contributed by atoms with Gasteiger partial charge in [0.2, 0.25) is 0 Å². The minimum atomic E-state index is -0.170. The first kappa shape index (κ1) is 17.0. The summed E-state index contributed by atoms with van der Waals surface area (Å²) in [5.74, 6) is 1.55. The minimum absolute atomic E-state index is 0.170. The number of hydrogen-bond acceptors (Lipinski definition) is 3. The molecule has 0 unspecified atom stereocenters. The van der Waals surface area contributed by atoms with Gasteiger partial charge in [-0.05, 0) is 49.6 Å². The van der Waals surface area contributed by atoms with Crippen LogP contribution in [0.5, 0.6) is 5.75 Å². The average Bonchev–Trinajstić information content (AvgIpc) is 3.04. The van der Waals surface area contributed by atoms with Crippen molar-refractivity contribution in [2.45, 2.75) is 32.4 Å².